The Kier molecular flexibility index (Phi) is 4.59. The van der Waals surface area contributed by atoms with Crippen molar-refractivity contribution in [2.24, 2.45) is 0 Å². The molecular weight excluding hydrogens is 222 g/mol. The Hall–Kier alpha value is -1.09. The van der Waals surface area contributed by atoms with Crippen molar-refractivity contribution in [3.05, 3.63) is 23.4 Å². The highest BCUT2D eigenvalue weighted by atomic mass is 15.2. The fourth-order valence-electron chi connectivity index (χ4n) is 2.46. The number of nitrogens with zero attached hydrogens (tertiary/aromatic N) is 2. The maximum Gasteiger partial charge on any atom is 0.129 e. The van der Waals surface area contributed by atoms with Crippen LogP contribution in [0.2, 0.25) is 0 Å². The zero-order chi connectivity index (χ0) is 13.0. The van der Waals surface area contributed by atoms with Gasteiger partial charge in [0.2, 0.25) is 0 Å². The van der Waals surface area contributed by atoms with Crippen molar-refractivity contribution >= 4 is 5.82 Å². The van der Waals surface area contributed by atoms with Crippen LogP contribution in [0.25, 0.3) is 0 Å². The van der Waals surface area contributed by atoms with E-state index in [1.807, 2.05) is 7.05 Å². The number of aromatic nitrogens is 1. The van der Waals surface area contributed by atoms with Crippen molar-refractivity contribution in [2.75, 3.05) is 18.5 Å². The molecule has 0 atom stereocenters. The second kappa shape index (κ2) is 6.19. The number of anilines is 1. The van der Waals surface area contributed by atoms with Gasteiger partial charge in [0.15, 0.2) is 0 Å². The summed E-state index contributed by atoms with van der Waals surface area (Å²) < 4.78 is 0. The van der Waals surface area contributed by atoms with Gasteiger partial charge >= 0.3 is 0 Å². The second-order valence-electron chi connectivity index (χ2n) is 5.12. The third kappa shape index (κ3) is 3.22. The van der Waals surface area contributed by atoms with Gasteiger partial charge in [-0.2, -0.15) is 0 Å². The Bertz CT molecular complexity index is 361. The van der Waals surface area contributed by atoms with Gasteiger partial charge < -0.3 is 10.2 Å². The zero-order valence-corrected chi connectivity index (χ0v) is 11.9. The molecule has 3 heteroatoms. The molecule has 1 aromatic heterocycles. The van der Waals surface area contributed by atoms with Gasteiger partial charge in [-0.3, -0.25) is 0 Å². The van der Waals surface area contributed by atoms with Crippen LogP contribution in [0.5, 0.6) is 0 Å². The SMILES string of the molecule is CCCc1cc(CNC)cc(N(CC)C2CC2)n1. The van der Waals surface area contributed by atoms with E-state index in [0.717, 1.165) is 32.0 Å². The normalized spacial score (nSPS) is 14.8. The van der Waals surface area contributed by atoms with Crippen molar-refractivity contribution in [1.82, 2.24) is 10.3 Å². The minimum absolute atomic E-state index is 0.738. The standard InChI is InChI=1S/C15H25N3/c1-4-6-13-9-12(11-16-3)10-15(17-13)18(5-2)14-7-8-14/h9-10,14,16H,4-8,11H2,1-3H3. The second-order valence-corrected chi connectivity index (χ2v) is 5.12. The first-order valence-electron chi connectivity index (χ1n) is 7.19. The first-order valence-corrected chi connectivity index (χ1v) is 7.19. The molecule has 1 heterocycles. The Morgan fingerprint density at radius 2 is 2.11 bits per heavy atom. The van der Waals surface area contributed by atoms with Crippen molar-refractivity contribution in [3.8, 4) is 0 Å². The summed E-state index contributed by atoms with van der Waals surface area (Å²) in [5.41, 5.74) is 2.59. The highest BCUT2D eigenvalue weighted by Crippen LogP contribution is 2.31. The quantitative estimate of drug-likeness (QED) is 0.803. The maximum atomic E-state index is 4.84. The molecule has 100 valence electrons. The Balaban J connectivity index is 2.25. The van der Waals surface area contributed by atoms with E-state index in [9.17, 15) is 0 Å². The van der Waals surface area contributed by atoms with Crippen LogP contribution in [0.1, 0.15) is 44.4 Å². The molecule has 18 heavy (non-hydrogen) atoms. The molecule has 0 bridgehead atoms. The van der Waals surface area contributed by atoms with Crippen molar-refractivity contribution in [3.63, 3.8) is 0 Å². The van der Waals surface area contributed by atoms with E-state index in [2.05, 4.69) is 36.2 Å². The fourth-order valence-corrected chi connectivity index (χ4v) is 2.46. The van der Waals surface area contributed by atoms with Gasteiger partial charge in [-0.25, -0.2) is 4.98 Å². The van der Waals surface area contributed by atoms with Crippen LogP contribution in [0.3, 0.4) is 0 Å². The molecule has 1 aromatic rings. The van der Waals surface area contributed by atoms with Crippen LogP contribution in [-0.2, 0) is 13.0 Å². The molecule has 0 saturated heterocycles. The van der Waals surface area contributed by atoms with Crippen molar-refractivity contribution in [2.45, 2.75) is 52.1 Å². The van der Waals surface area contributed by atoms with Crippen LogP contribution < -0.4 is 10.2 Å². The molecule has 1 fully saturated rings. The molecule has 1 N–H and O–H groups in total. The molecule has 0 spiro atoms. The third-order valence-electron chi connectivity index (χ3n) is 3.43. The smallest absolute Gasteiger partial charge is 0.129 e. The van der Waals surface area contributed by atoms with E-state index in [-0.39, 0.29) is 0 Å². The lowest BCUT2D eigenvalue weighted by molar-refractivity contribution is 0.775. The largest absolute Gasteiger partial charge is 0.354 e. The average molecular weight is 247 g/mol. The van der Waals surface area contributed by atoms with E-state index in [1.54, 1.807) is 0 Å². The van der Waals surface area contributed by atoms with Crippen molar-refractivity contribution in [1.29, 1.82) is 0 Å². The number of rotatable bonds is 7. The number of nitrogens with one attached hydrogen (secondary N) is 1. The maximum absolute atomic E-state index is 4.84. The van der Waals surface area contributed by atoms with E-state index < -0.39 is 0 Å². The predicted octanol–water partition coefficient (Wildman–Crippen LogP) is 2.74. The average Bonchev–Trinajstić information content (AvgIpc) is 3.15. The molecule has 0 amide bonds. The molecule has 3 nitrogen and oxygen atoms in total. The lowest BCUT2D eigenvalue weighted by Crippen LogP contribution is -2.26. The number of hydrogen-bond acceptors (Lipinski definition) is 3. The van der Waals surface area contributed by atoms with Gasteiger partial charge in [0.05, 0.1) is 0 Å². The molecule has 1 saturated carbocycles. The predicted molar refractivity (Wildman–Crippen MR) is 77.0 cm³/mol. The molecule has 2 rings (SSSR count). The number of hydrogen-bond donors (Lipinski definition) is 1. The molecule has 0 radical (unpaired) electrons. The monoisotopic (exact) mass is 247 g/mol. The van der Waals surface area contributed by atoms with E-state index in [4.69, 9.17) is 4.98 Å². The molecule has 0 aliphatic heterocycles. The van der Waals surface area contributed by atoms with Gasteiger partial charge in [-0.1, -0.05) is 13.3 Å². The van der Waals surface area contributed by atoms with Gasteiger partial charge in [0.1, 0.15) is 5.82 Å². The van der Waals surface area contributed by atoms with Crippen LogP contribution >= 0.6 is 0 Å². The summed E-state index contributed by atoms with van der Waals surface area (Å²) in [5, 5.41) is 3.24. The zero-order valence-electron chi connectivity index (χ0n) is 11.9. The highest BCUT2D eigenvalue weighted by molar-refractivity contribution is 5.45. The molecular formula is C15H25N3. The number of pyridine rings is 1. The topological polar surface area (TPSA) is 28.2 Å². The summed E-state index contributed by atoms with van der Waals surface area (Å²) >= 11 is 0. The van der Waals surface area contributed by atoms with Crippen LogP contribution in [0, 0.1) is 0 Å². The first-order chi connectivity index (χ1) is 8.78. The fraction of sp³-hybridized carbons (Fsp3) is 0.667. The van der Waals surface area contributed by atoms with Crippen LogP contribution in [-0.4, -0.2) is 24.6 Å². The molecule has 0 unspecified atom stereocenters. The van der Waals surface area contributed by atoms with E-state index in [0.29, 0.717) is 0 Å². The first kappa shape index (κ1) is 13.3. The summed E-state index contributed by atoms with van der Waals surface area (Å²) in [5.74, 6) is 1.18. The minimum Gasteiger partial charge on any atom is -0.354 e. The summed E-state index contributed by atoms with van der Waals surface area (Å²) in [6.45, 7) is 6.43. The number of aryl methyl sites for hydroxylation is 1. The van der Waals surface area contributed by atoms with Gasteiger partial charge in [0, 0.05) is 24.8 Å². The van der Waals surface area contributed by atoms with E-state index in [1.165, 1.54) is 29.9 Å². The summed E-state index contributed by atoms with van der Waals surface area (Å²) in [6, 6.07) is 5.23. The van der Waals surface area contributed by atoms with Gasteiger partial charge in [0.25, 0.3) is 0 Å². The Labute approximate surface area is 111 Å². The van der Waals surface area contributed by atoms with Crippen LogP contribution in [0.4, 0.5) is 5.82 Å². The highest BCUT2D eigenvalue weighted by Gasteiger charge is 2.29. The van der Waals surface area contributed by atoms with Crippen LogP contribution in [0.15, 0.2) is 12.1 Å². The van der Waals surface area contributed by atoms with Gasteiger partial charge in [-0.15, -0.1) is 0 Å². The summed E-state index contributed by atoms with van der Waals surface area (Å²) in [4.78, 5) is 7.29. The lowest BCUT2D eigenvalue weighted by Gasteiger charge is -2.23. The summed E-state index contributed by atoms with van der Waals surface area (Å²) in [7, 11) is 2.00. The van der Waals surface area contributed by atoms with Crippen molar-refractivity contribution < 1.29 is 0 Å². The Morgan fingerprint density at radius 1 is 1.33 bits per heavy atom. The third-order valence-corrected chi connectivity index (χ3v) is 3.43. The molecule has 1 aliphatic rings. The van der Waals surface area contributed by atoms with Gasteiger partial charge in [-0.05, 0) is 50.9 Å². The van der Waals surface area contributed by atoms with E-state index >= 15 is 0 Å². The Morgan fingerprint density at radius 3 is 2.67 bits per heavy atom. The summed E-state index contributed by atoms with van der Waals surface area (Å²) in [6.07, 6.45) is 4.89. The lowest BCUT2D eigenvalue weighted by atomic mass is 10.1. The molecule has 1 aliphatic carbocycles. The molecule has 0 aromatic carbocycles. The minimum atomic E-state index is 0.738.